The number of halogens is 1. The van der Waals surface area contributed by atoms with E-state index in [1.165, 1.54) is 0 Å². The molecule has 1 aromatic carbocycles. The van der Waals surface area contributed by atoms with Crippen molar-refractivity contribution in [2.45, 2.75) is 32.3 Å². The number of hydrogen-bond acceptors (Lipinski definition) is 3. The second-order valence-electron chi connectivity index (χ2n) is 4.31. The van der Waals surface area contributed by atoms with Gasteiger partial charge in [0.1, 0.15) is 5.78 Å². The van der Waals surface area contributed by atoms with Crippen LogP contribution >= 0.6 is 11.6 Å². The lowest BCUT2D eigenvalue weighted by Gasteiger charge is -2.13. The standard InChI is InChI=1S/C13H15ClO3/c1-8(15)5-9-6-11(14)13(12(7-9)16-2)17-10-3-4-10/h6-7,10H,3-5H2,1-2H3. The Balaban J connectivity index is 2.28. The van der Waals surface area contributed by atoms with E-state index in [1.807, 2.05) is 6.07 Å². The van der Waals surface area contributed by atoms with E-state index in [0.29, 0.717) is 22.9 Å². The van der Waals surface area contributed by atoms with Crippen molar-refractivity contribution >= 4 is 17.4 Å². The van der Waals surface area contributed by atoms with Crippen molar-refractivity contribution in [1.82, 2.24) is 0 Å². The van der Waals surface area contributed by atoms with Gasteiger partial charge in [0.25, 0.3) is 0 Å². The summed E-state index contributed by atoms with van der Waals surface area (Å²) in [5.41, 5.74) is 0.850. The van der Waals surface area contributed by atoms with Crippen LogP contribution in [0.5, 0.6) is 11.5 Å². The second kappa shape index (κ2) is 4.96. The summed E-state index contributed by atoms with van der Waals surface area (Å²) in [5.74, 6) is 1.28. The minimum atomic E-state index is 0.0963. The second-order valence-corrected chi connectivity index (χ2v) is 4.71. The minimum absolute atomic E-state index is 0.0963. The molecule has 0 saturated heterocycles. The fourth-order valence-corrected chi connectivity index (χ4v) is 1.91. The van der Waals surface area contributed by atoms with Crippen molar-refractivity contribution < 1.29 is 14.3 Å². The fraction of sp³-hybridized carbons (Fsp3) is 0.462. The minimum Gasteiger partial charge on any atom is -0.493 e. The summed E-state index contributed by atoms with van der Waals surface area (Å²) >= 11 is 6.15. The molecule has 0 heterocycles. The molecule has 1 aliphatic carbocycles. The molecule has 1 saturated carbocycles. The number of Topliss-reactive ketones (excluding diaryl/α,β-unsaturated/α-hetero) is 1. The van der Waals surface area contributed by atoms with Crippen LogP contribution in [0.2, 0.25) is 5.02 Å². The first-order valence-electron chi connectivity index (χ1n) is 5.62. The Labute approximate surface area is 106 Å². The number of benzene rings is 1. The molecule has 1 aromatic rings. The molecule has 4 heteroatoms. The molecular weight excluding hydrogens is 240 g/mol. The Hall–Kier alpha value is -1.22. The average Bonchev–Trinajstić information content (AvgIpc) is 3.04. The van der Waals surface area contributed by atoms with Crippen LogP contribution in [0.15, 0.2) is 12.1 Å². The fourth-order valence-electron chi connectivity index (χ4n) is 1.63. The van der Waals surface area contributed by atoms with E-state index in [1.54, 1.807) is 20.1 Å². The van der Waals surface area contributed by atoms with E-state index in [9.17, 15) is 4.79 Å². The van der Waals surface area contributed by atoms with Crippen LogP contribution in [0.4, 0.5) is 0 Å². The molecule has 0 bridgehead atoms. The van der Waals surface area contributed by atoms with Gasteiger partial charge in [-0.25, -0.2) is 0 Å². The third kappa shape index (κ3) is 3.13. The summed E-state index contributed by atoms with van der Waals surface area (Å²) in [6.45, 7) is 1.55. The van der Waals surface area contributed by atoms with E-state index in [4.69, 9.17) is 21.1 Å². The Morgan fingerprint density at radius 1 is 1.47 bits per heavy atom. The van der Waals surface area contributed by atoms with Crippen LogP contribution in [-0.2, 0) is 11.2 Å². The third-order valence-corrected chi connectivity index (χ3v) is 2.83. The number of ether oxygens (including phenoxy) is 2. The predicted molar refractivity (Wildman–Crippen MR) is 66.0 cm³/mol. The SMILES string of the molecule is COc1cc(CC(C)=O)cc(Cl)c1OC1CC1. The molecule has 0 atom stereocenters. The van der Waals surface area contributed by atoms with Gasteiger partial charge in [0.05, 0.1) is 18.2 Å². The first-order chi connectivity index (χ1) is 8.10. The van der Waals surface area contributed by atoms with Gasteiger partial charge in [0.15, 0.2) is 11.5 Å². The van der Waals surface area contributed by atoms with Crippen LogP contribution in [0.1, 0.15) is 25.3 Å². The molecule has 0 aromatic heterocycles. The van der Waals surface area contributed by atoms with Gasteiger partial charge >= 0.3 is 0 Å². The van der Waals surface area contributed by atoms with Gasteiger partial charge in [-0.2, -0.15) is 0 Å². The maximum atomic E-state index is 11.1. The van der Waals surface area contributed by atoms with Gasteiger partial charge in [0.2, 0.25) is 0 Å². The molecule has 1 aliphatic rings. The highest BCUT2D eigenvalue weighted by molar-refractivity contribution is 6.32. The average molecular weight is 255 g/mol. The number of methoxy groups -OCH3 is 1. The van der Waals surface area contributed by atoms with Gasteiger partial charge in [0, 0.05) is 6.42 Å². The van der Waals surface area contributed by atoms with Crippen LogP contribution in [0.25, 0.3) is 0 Å². The summed E-state index contributed by atoms with van der Waals surface area (Å²) in [6, 6.07) is 3.58. The smallest absolute Gasteiger partial charge is 0.180 e. The third-order valence-electron chi connectivity index (χ3n) is 2.55. The zero-order valence-electron chi connectivity index (χ0n) is 9.96. The van der Waals surface area contributed by atoms with Crippen molar-refractivity contribution in [1.29, 1.82) is 0 Å². The van der Waals surface area contributed by atoms with Crippen LogP contribution in [0.3, 0.4) is 0 Å². The highest BCUT2D eigenvalue weighted by atomic mass is 35.5. The van der Waals surface area contributed by atoms with Gasteiger partial charge in [-0.15, -0.1) is 0 Å². The highest BCUT2D eigenvalue weighted by Crippen LogP contribution is 2.40. The lowest BCUT2D eigenvalue weighted by atomic mass is 10.1. The van der Waals surface area contributed by atoms with Crippen molar-refractivity contribution in [3.8, 4) is 11.5 Å². The molecule has 3 nitrogen and oxygen atoms in total. The van der Waals surface area contributed by atoms with Crippen LogP contribution < -0.4 is 9.47 Å². The molecule has 0 radical (unpaired) electrons. The highest BCUT2D eigenvalue weighted by Gasteiger charge is 2.26. The molecular formula is C13H15ClO3. The predicted octanol–water partition coefficient (Wildman–Crippen LogP) is 3.02. The zero-order chi connectivity index (χ0) is 12.4. The molecule has 0 aliphatic heterocycles. The van der Waals surface area contributed by atoms with E-state index >= 15 is 0 Å². The first-order valence-corrected chi connectivity index (χ1v) is 6.00. The van der Waals surface area contributed by atoms with Crippen LogP contribution in [-0.4, -0.2) is 19.0 Å². The van der Waals surface area contributed by atoms with Gasteiger partial charge in [-0.3, -0.25) is 4.79 Å². The Morgan fingerprint density at radius 3 is 2.71 bits per heavy atom. The number of ketones is 1. The van der Waals surface area contributed by atoms with E-state index in [0.717, 1.165) is 18.4 Å². The van der Waals surface area contributed by atoms with Crippen molar-refractivity contribution in [2.75, 3.05) is 7.11 Å². The maximum absolute atomic E-state index is 11.1. The maximum Gasteiger partial charge on any atom is 0.180 e. The lowest BCUT2D eigenvalue weighted by molar-refractivity contribution is -0.116. The van der Waals surface area contributed by atoms with Crippen LogP contribution in [0, 0.1) is 0 Å². The molecule has 0 spiro atoms. The molecule has 92 valence electrons. The summed E-state index contributed by atoms with van der Waals surface area (Å²) in [5, 5.41) is 0.507. The van der Waals surface area contributed by atoms with E-state index < -0.39 is 0 Å². The summed E-state index contributed by atoms with van der Waals surface area (Å²) in [4.78, 5) is 11.1. The quantitative estimate of drug-likeness (QED) is 0.810. The van der Waals surface area contributed by atoms with Gasteiger partial charge < -0.3 is 9.47 Å². The molecule has 17 heavy (non-hydrogen) atoms. The van der Waals surface area contributed by atoms with Crippen molar-refractivity contribution in [3.63, 3.8) is 0 Å². The van der Waals surface area contributed by atoms with E-state index in [-0.39, 0.29) is 11.9 Å². The first kappa shape index (κ1) is 12.2. The molecule has 0 amide bonds. The molecule has 2 rings (SSSR count). The number of carbonyl (C=O) groups is 1. The lowest BCUT2D eigenvalue weighted by Crippen LogP contribution is -2.02. The van der Waals surface area contributed by atoms with Crippen molar-refractivity contribution in [2.24, 2.45) is 0 Å². The number of hydrogen-bond donors (Lipinski definition) is 0. The van der Waals surface area contributed by atoms with Crippen molar-refractivity contribution in [3.05, 3.63) is 22.7 Å². The van der Waals surface area contributed by atoms with Gasteiger partial charge in [-0.1, -0.05) is 11.6 Å². The number of rotatable bonds is 5. The Morgan fingerprint density at radius 2 is 2.18 bits per heavy atom. The topological polar surface area (TPSA) is 35.5 Å². The summed E-state index contributed by atoms with van der Waals surface area (Å²) in [7, 11) is 1.57. The monoisotopic (exact) mass is 254 g/mol. The normalized spacial score (nSPS) is 14.5. The Bertz CT molecular complexity index is 439. The van der Waals surface area contributed by atoms with E-state index in [2.05, 4.69) is 0 Å². The number of carbonyl (C=O) groups excluding carboxylic acids is 1. The molecule has 1 fully saturated rings. The zero-order valence-corrected chi connectivity index (χ0v) is 10.7. The molecule has 0 N–H and O–H groups in total. The Kier molecular flexibility index (Phi) is 3.57. The van der Waals surface area contributed by atoms with Gasteiger partial charge in [-0.05, 0) is 37.5 Å². The largest absolute Gasteiger partial charge is 0.493 e. The summed E-state index contributed by atoms with van der Waals surface area (Å²) in [6.07, 6.45) is 2.75. The molecule has 0 unspecified atom stereocenters. The summed E-state index contributed by atoms with van der Waals surface area (Å²) < 4.78 is 11.0.